The third kappa shape index (κ3) is 4.35. The number of nitrogens with zero attached hydrogens (tertiary/aromatic N) is 1. The summed E-state index contributed by atoms with van der Waals surface area (Å²) in [5.41, 5.74) is 4.05. The Morgan fingerprint density at radius 3 is 2.62 bits per heavy atom. The number of benzene rings is 2. The van der Waals surface area contributed by atoms with Crippen molar-refractivity contribution >= 4 is 46.2 Å². The van der Waals surface area contributed by atoms with Gasteiger partial charge in [-0.15, -0.1) is 0 Å². The van der Waals surface area contributed by atoms with Gasteiger partial charge in [-0.3, -0.25) is 10.2 Å². The Bertz CT molecular complexity index is 1030. The average molecular weight is 411 g/mol. The molecule has 1 aliphatic heterocycles. The van der Waals surface area contributed by atoms with Crippen LogP contribution in [0.2, 0.25) is 0 Å². The molecule has 5 nitrogen and oxygen atoms in total. The smallest absolute Gasteiger partial charge is 0.259 e. The van der Waals surface area contributed by atoms with Crippen molar-refractivity contribution in [2.75, 3.05) is 22.8 Å². The van der Waals surface area contributed by atoms with Crippen LogP contribution in [-0.2, 0) is 4.79 Å². The molecule has 150 valence electrons. The second-order valence-electron chi connectivity index (χ2n) is 6.72. The fourth-order valence-electron chi connectivity index (χ4n) is 2.97. The quantitative estimate of drug-likeness (QED) is 0.444. The summed E-state index contributed by atoms with van der Waals surface area (Å²) < 4.78 is 17.6. The molecule has 0 aliphatic carbocycles. The second kappa shape index (κ2) is 8.53. The van der Waals surface area contributed by atoms with Crippen molar-refractivity contribution in [3.63, 3.8) is 0 Å². The number of amides is 1. The number of hydrogen-bond acceptors (Lipinski definition) is 5. The maximum absolute atomic E-state index is 14.4. The normalized spacial score (nSPS) is 14.1. The lowest BCUT2D eigenvalue weighted by Gasteiger charge is -2.25. The first-order chi connectivity index (χ1) is 13.8. The fraction of sp³-hybridized carbons (Fsp3) is 0.182. The van der Waals surface area contributed by atoms with E-state index in [1.807, 2.05) is 38.1 Å². The van der Waals surface area contributed by atoms with Crippen molar-refractivity contribution in [1.82, 2.24) is 4.90 Å². The van der Waals surface area contributed by atoms with Gasteiger partial charge in [0.1, 0.15) is 5.82 Å². The molecule has 2 aromatic carbocycles. The van der Waals surface area contributed by atoms with E-state index >= 15 is 0 Å². The molecule has 2 aromatic rings. The fourth-order valence-corrected chi connectivity index (χ4v) is 3.40. The van der Waals surface area contributed by atoms with Crippen LogP contribution in [0.5, 0.6) is 0 Å². The first-order valence-electron chi connectivity index (χ1n) is 9.14. The van der Waals surface area contributed by atoms with E-state index in [0.29, 0.717) is 22.5 Å². The Labute approximate surface area is 174 Å². The van der Waals surface area contributed by atoms with Gasteiger partial charge >= 0.3 is 0 Å². The minimum Gasteiger partial charge on any atom is -0.353 e. The maximum Gasteiger partial charge on any atom is 0.259 e. The minimum atomic E-state index is -0.357. The molecular formula is C22H23FN4OS. The summed E-state index contributed by atoms with van der Waals surface area (Å²) in [6.07, 6.45) is 1.61. The molecule has 1 heterocycles. The third-order valence-corrected chi connectivity index (χ3v) is 5.18. The topological polar surface area (TPSA) is 68.2 Å². The molecule has 0 bridgehead atoms. The summed E-state index contributed by atoms with van der Waals surface area (Å²) in [6.45, 7) is 7.63. The molecule has 0 radical (unpaired) electrons. The van der Waals surface area contributed by atoms with Crippen LogP contribution in [-0.4, -0.2) is 29.3 Å². The van der Waals surface area contributed by atoms with Crippen molar-refractivity contribution < 1.29 is 9.18 Å². The predicted octanol–water partition coefficient (Wildman–Crippen LogP) is 5.35. The molecule has 1 amide bonds. The molecule has 0 unspecified atom stereocenters. The van der Waals surface area contributed by atoms with E-state index in [4.69, 9.17) is 5.41 Å². The standard InChI is InChI=1S/C22H23FN4OS/c1-5-29-26-15-7-9-19(25-20-8-6-13(2)10-18(20)23)16(11-15)17-12-27(4)22(28)14(3)21(17)24/h6-12,24-26H,3,5H2,1-2,4H3. The molecule has 0 fully saturated rings. The van der Waals surface area contributed by atoms with Crippen LogP contribution in [0.1, 0.15) is 18.1 Å². The van der Waals surface area contributed by atoms with E-state index in [1.54, 1.807) is 31.3 Å². The average Bonchev–Trinajstić information content (AvgIpc) is 2.70. The van der Waals surface area contributed by atoms with Gasteiger partial charge in [-0.1, -0.05) is 31.5 Å². The number of likely N-dealkylation sites (N-methyl/N-ethyl adjacent to an activating group) is 1. The van der Waals surface area contributed by atoms with E-state index in [1.165, 1.54) is 11.0 Å². The number of anilines is 3. The van der Waals surface area contributed by atoms with Crippen LogP contribution in [0.15, 0.2) is 54.8 Å². The Hall–Kier alpha value is -3.06. The molecule has 0 spiro atoms. The molecule has 3 N–H and O–H groups in total. The molecule has 0 aromatic heterocycles. The van der Waals surface area contributed by atoms with E-state index in [9.17, 15) is 9.18 Å². The molecule has 0 saturated heterocycles. The van der Waals surface area contributed by atoms with Gasteiger partial charge in [0.25, 0.3) is 5.91 Å². The highest BCUT2D eigenvalue weighted by molar-refractivity contribution is 8.00. The first-order valence-corrected chi connectivity index (χ1v) is 10.1. The van der Waals surface area contributed by atoms with Crippen LogP contribution < -0.4 is 10.0 Å². The molecule has 7 heteroatoms. The number of nitrogens with one attached hydrogen (secondary N) is 3. The van der Waals surface area contributed by atoms with Crippen molar-refractivity contribution in [3.05, 3.63) is 71.7 Å². The van der Waals surface area contributed by atoms with Crippen molar-refractivity contribution in [2.24, 2.45) is 0 Å². The van der Waals surface area contributed by atoms with Gasteiger partial charge in [0.2, 0.25) is 0 Å². The van der Waals surface area contributed by atoms with Crippen LogP contribution in [0, 0.1) is 18.2 Å². The largest absolute Gasteiger partial charge is 0.353 e. The highest BCUT2D eigenvalue weighted by Gasteiger charge is 2.27. The molecule has 0 atom stereocenters. The molecule has 0 saturated carbocycles. The van der Waals surface area contributed by atoms with Gasteiger partial charge in [-0.25, -0.2) is 4.39 Å². The first kappa shape index (κ1) is 20.7. The van der Waals surface area contributed by atoms with Crippen LogP contribution in [0.3, 0.4) is 0 Å². The number of allylic oxidation sites excluding steroid dienone is 1. The predicted molar refractivity (Wildman–Crippen MR) is 120 cm³/mol. The zero-order chi connectivity index (χ0) is 21.1. The van der Waals surface area contributed by atoms with Gasteiger partial charge < -0.3 is 14.9 Å². The molecular weight excluding hydrogens is 387 g/mol. The third-order valence-electron chi connectivity index (χ3n) is 4.51. The van der Waals surface area contributed by atoms with E-state index < -0.39 is 0 Å². The van der Waals surface area contributed by atoms with Crippen LogP contribution in [0.4, 0.5) is 21.5 Å². The Morgan fingerprint density at radius 1 is 1.21 bits per heavy atom. The van der Waals surface area contributed by atoms with Gasteiger partial charge in [-0.2, -0.15) is 0 Å². The zero-order valence-corrected chi connectivity index (χ0v) is 17.4. The monoisotopic (exact) mass is 410 g/mol. The summed E-state index contributed by atoms with van der Waals surface area (Å²) in [4.78, 5) is 13.5. The number of aryl methyl sites for hydroxylation is 1. The lowest BCUT2D eigenvalue weighted by molar-refractivity contribution is -0.123. The lowest BCUT2D eigenvalue weighted by atomic mass is 9.92. The molecule has 1 aliphatic rings. The summed E-state index contributed by atoms with van der Waals surface area (Å²) in [7, 11) is 1.63. The summed E-state index contributed by atoms with van der Waals surface area (Å²) in [6, 6.07) is 10.6. The number of rotatable bonds is 6. The van der Waals surface area contributed by atoms with Crippen LogP contribution in [0.25, 0.3) is 5.57 Å². The Kier molecular flexibility index (Phi) is 6.08. The van der Waals surface area contributed by atoms with Crippen molar-refractivity contribution in [2.45, 2.75) is 13.8 Å². The Balaban J connectivity index is 2.09. The SMILES string of the molecule is C=C1C(=N)C(c2cc(NSCC)ccc2Nc2ccc(C)cc2F)=CN(C)C1=O. The molecule has 3 rings (SSSR count). The number of halogens is 1. The van der Waals surface area contributed by atoms with Crippen molar-refractivity contribution in [3.8, 4) is 0 Å². The number of carbonyl (C=O) groups excluding carboxylic acids is 1. The van der Waals surface area contributed by atoms with E-state index in [-0.39, 0.29) is 23.0 Å². The van der Waals surface area contributed by atoms with E-state index in [2.05, 4.69) is 16.6 Å². The van der Waals surface area contributed by atoms with Gasteiger partial charge in [0.15, 0.2) is 0 Å². The van der Waals surface area contributed by atoms with Crippen molar-refractivity contribution in [1.29, 1.82) is 5.41 Å². The lowest BCUT2D eigenvalue weighted by Crippen LogP contribution is -2.31. The van der Waals surface area contributed by atoms with Crippen LogP contribution >= 0.6 is 11.9 Å². The molecule has 29 heavy (non-hydrogen) atoms. The van der Waals surface area contributed by atoms with Gasteiger partial charge in [0.05, 0.1) is 17.0 Å². The van der Waals surface area contributed by atoms with E-state index in [0.717, 1.165) is 17.0 Å². The highest BCUT2D eigenvalue weighted by atomic mass is 32.2. The number of carbonyl (C=O) groups is 1. The summed E-state index contributed by atoms with van der Waals surface area (Å²) >= 11 is 1.55. The van der Waals surface area contributed by atoms with Gasteiger partial charge in [0, 0.05) is 41.5 Å². The maximum atomic E-state index is 14.4. The number of hydrogen-bond donors (Lipinski definition) is 3. The van der Waals surface area contributed by atoms with Gasteiger partial charge in [-0.05, 0) is 42.8 Å². The minimum absolute atomic E-state index is 0.0563. The zero-order valence-electron chi connectivity index (χ0n) is 16.6. The summed E-state index contributed by atoms with van der Waals surface area (Å²) in [5.74, 6) is 0.217. The highest BCUT2D eigenvalue weighted by Crippen LogP contribution is 2.35. The second-order valence-corrected chi connectivity index (χ2v) is 7.79. The summed E-state index contributed by atoms with van der Waals surface area (Å²) in [5, 5.41) is 11.6. The Morgan fingerprint density at radius 2 is 1.93 bits per heavy atom.